The van der Waals surface area contributed by atoms with Crippen LogP contribution >= 0.6 is 0 Å². The molecular weight excluding hydrogens is 842 g/mol. The Bertz CT molecular complexity index is 3930. The molecule has 0 spiro atoms. The summed E-state index contributed by atoms with van der Waals surface area (Å²) in [6.07, 6.45) is 0. The molecule has 4 heteroatoms. The van der Waals surface area contributed by atoms with E-state index in [9.17, 15) is 0 Å². The second kappa shape index (κ2) is 15.3. The van der Waals surface area contributed by atoms with Crippen molar-refractivity contribution in [3.05, 3.63) is 255 Å². The first-order valence-corrected chi connectivity index (χ1v) is 24.5. The van der Waals surface area contributed by atoms with E-state index in [0.29, 0.717) is 0 Å². The third kappa shape index (κ3) is 5.83. The van der Waals surface area contributed by atoms with E-state index in [0.717, 1.165) is 0 Å². The molecule has 0 bridgehead atoms. The average molecular weight is 885 g/mol. The Morgan fingerprint density at radius 2 is 0.557 bits per heavy atom. The van der Waals surface area contributed by atoms with Gasteiger partial charge in [-0.25, -0.2) is 0 Å². The maximum absolute atomic E-state index is 2.61. The molecule has 0 amide bonds. The van der Waals surface area contributed by atoms with E-state index in [4.69, 9.17) is 0 Å². The van der Waals surface area contributed by atoms with E-state index >= 15 is 0 Å². The number of nitrogens with zero attached hydrogens (tertiary/aromatic N) is 2. The Balaban J connectivity index is 1.09. The highest BCUT2D eigenvalue weighted by molar-refractivity contribution is 7.00. The lowest BCUT2D eigenvalue weighted by molar-refractivity contribution is 1.15. The fourth-order valence-electron chi connectivity index (χ4n) is 12.3. The first-order valence-electron chi connectivity index (χ1n) is 24.5. The number of benzene rings is 11. The minimum Gasteiger partial charge on any atom is -0.310 e. The number of hydrogen-bond acceptors (Lipinski definition) is 0. The van der Waals surface area contributed by atoms with Crippen molar-refractivity contribution >= 4 is 89.8 Å². The summed E-state index contributed by atoms with van der Waals surface area (Å²) in [5.41, 5.74) is 25.1. The zero-order valence-corrected chi connectivity index (χ0v) is 38.3. The maximum Gasteiger partial charge on any atom is 0.246 e. The molecule has 15 rings (SSSR count). The molecule has 0 saturated carbocycles. The van der Waals surface area contributed by atoms with E-state index in [1.807, 2.05) is 0 Å². The molecule has 2 aliphatic rings. The molecule has 0 N–H and O–H groups in total. The van der Waals surface area contributed by atoms with Crippen molar-refractivity contribution in [3.8, 4) is 55.9 Å². The van der Waals surface area contributed by atoms with Gasteiger partial charge < -0.3 is 9.13 Å². The molecule has 322 valence electrons. The Morgan fingerprint density at radius 1 is 0.229 bits per heavy atom. The minimum atomic E-state index is -0.0265. The van der Waals surface area contributed by atoms with Gasteiger partial charge in [-0.15, -0.1) is 0 Å². The van der Waals surface area contributed by atoms with Crippen molar-refractivity contribution in [2.45, 2.75) is 0 Å². The molecule has 11 aromatic carbocycles. The Labute approximate surface area is 407 Å². The highest BCUT2D eigenvalue weighted by Gasteiger charge is 2.40. The van der Waals surface area contributed by atoms with Gasteiger partial charge in [0, 0.05) is 44.0 Å². The minimum absolute atomic E-state index is 0.0265. The number of hydrogen-bond donors (Lipinski definition) is 0. The van der Waals surface area contributed by atoms with Crippen LogP contribution in [0.1, 0.15) is 0 Å². The highest BCUT2D eigenvalue weighted by atomic mass is 15.0. The standard InChI is InChI=1S/C66H42B2N2/c1-7-19-43(20-8-1)47-31-33-61-53(35-47)55-37-49(45-23-11-3-12-24-45)39-59-65(55)69(61)63-42-64-58(41-57(63)67(59)51-27-15-5-16-28-51)68(52-29-17-6-18-30-52)60-40-50(46-25-13-4-14-26-46)38-56-54-36-48(44-21-9-2-10-22-44)32-34-62(54)70(64)66(56)60/h1-42H. The first-order chi connectivity index (χ1) is 34.7. The van der Waals surface area contributed by atoms with E-state index in [1.165, 1.54) is 132 Å². The van der Waals surface area contributed by atoms with Gasteiger partial charge >= 0.3 is 0 Å². The second-order valence-electron chi connectivity index (χ2n) is 19.2. The van der Waals surface area contributed by atoms with Crippen molar-refractivity contribution in [2.24, 2.45) is 0 Å². The monoisotopic (exact) mass is 884 g/mol. The van der Waals surface area contributed by atoms with Gasteiger partial charge in [-0.2, -0.15) is 0 Å². The molecule has 70 heavy (non-hydrogen) atoms. The van der Waals surface area contributed by atoms with Crippen molar-refractivity contribution in [3.63, 3.8) is 0 Å². The molecule has 2 aliphatic heterocycles. The fourth-order valence-corrected chi connectivity index (χ4v) is 12.3. The molecule has 0 fully saturated rings. The smallest absolute Gasteiger partial charge is 0.246 e. The SMILES string of the molecule is c1ccc(B2c3cc4c(cc3-n3c5ccc(-c6ccccc6)cc5c5cc(-c6ccccc6)cc2c53)-n2c3ccc(-c5ccccc5)cc3c3cc(-c5ccccc5)cc(c32)B4c2ccccc2)cc1. The van der Waals surface area contributed by atoms with Crippen LogP contribution < -0.4 is 32.8 Å². The normalized spacial score (nSPS) is 12.5. The zero-order chi connectivity index (χ0) is 45.9. The van der Waals surface area contributed by atoms with Crippen LogP contribution in [0.2, 0.25) is 0 Å². The van der Waals surface area contributed by atoms with E-state index in [2.05, 4.69) is 264 Å². The lowest BCUT2D eigenvalue weighted by Crippen LogP contribution is -2.61. The van der Waals surface area contributed by atoms with Gasteiger partial charge in [0.05, 0.1) is 11.0 Å². The summed E-state index contributed by atoms with van der Waals surface area (Å²) in [5.74, 6) is 0. The molecule has 0 unspecified atom stereocenters. The largest absolute Gasteiger partial charge is 0.310 e. The van der Waals surface area contributed by atoms with Crippen LogP contribution in [-0.2, 0) is 0 Å². The van der Waals surface area contributed by atoms with Crippen molar-refractivity contribution in [2.75, 3.05) is 0 Å². The summed E-state index contributed by atoms with van der Waals surface area (Å²) in [5, 5.41) is 5.07. The average Bonchev–Trinajstić information content (AvgIpc) is 3.95. The summed E-state index contributed by atoms with van der Waals surface area (Å²) in [4.78, 5) is 0. The van der Waals surface area contributed by atoms with E-state index < -0.39 is 0 Å². The van der Waals surface area contributed by atoms with Crippen LogP contribution in [0, 0.1) is 0 Å². The summed E-state index contributed by atoms with van der Waals surface area (Å²) in [6, 6.07) is 95.3. The molecule has 0 saturated heterocycles. The lowest BCUT2D eigenvalue weighted by atomic mass is 9.32. The van der Waals surface area contributed by atoms with Crippen LogP contribution in [0.15, 0.2) is 255 Å². The molecule has 13 aromatic rings. The van der Waals surface area contributed by atoms with E-state index in [-0.39, 0.29) is 13.4 Å². The summed E-state index contributed by atoms with van der Waals surface area (Å²) >= 11 is 0. The molecule has 2 nitrogen and oxygen atoms in total. The number of aromatic nitrogens is 2. The van der Waals surface area contributed by atoms with Crippen molar-refractivity contribution in [1.82, 2.24) is 9.13 Å². The van der Waals surface area contributed by atoms with Gasteiger partial charge in [0.1, 0.15) is 0 Å². The topological polar surface area (TPSA) is 9.86 Å². The molecule has 0 aliphatic carbocycles. The molecule has 0 radical (unpaired) electrons. The zero-order valence-electron chi connectivity index (χ0n) is 38.3. The van der Waals surface area contributed by atoms with Gasteiger partial charge in [0.2, 0.25) is 13.4 Å². The number of rotatable bonds is 6. The predicted octanol–water partition coefficient (Wildman–Crippen LogP) is 12.2. The fraction of sp³-hybridized carbons (Fsp3) is 0. The van der Waals surface area contributed by atoms with E-state index in [1.54, 1.807) is 0 Å². The maximum atomic E-state index is 2.61. The Morgan fingerprint density at radius 3 is 0.929 bits per heavy atom. The lowest BCUT2D eigenvalue weighted by Gasteiger charge is -2.33. The molecule has 4 heterocycles. The highest BCUT2D eigenvalue weighted by Crippen LogP contribution is 2.41. The predicted molar refractivity (Wildman–Crippen MR) is 299 cm³/mol. The Kier molecular flexibility index (Phi) is 8.58. The summed E-state index contributed by atoms with van der Waals surface area (Å²) < 4.78 is 5.22. The van der Waals surface area contributed by atoms with Crippen molar-refractivity contribution < 1.29 is 0 Å². The van der Waals surface area contributed by atoms with Gasteiger partial charge in [-0.1, -0.05) is 223 Å². The molecule has 2 aromatic heterocycles. The summed E-state index contributed by atoms with van der Waals surface area (Å²) in [6.45, 7) is -0.0530. The second-order valence-corrected chi connectivity index (χ2v) is 19.2. The number of fused-ring (bicyclic) bond motifs is 10. The van der Waals surface area contributed by atoms with Gasteiger partial charge in [-0.3, -0.25) is 0 Å². The van der Waals surface area contributed by atoms with Gasteiger partial charge in [0.25, 0.3) is 0 Å². The summed E-state index contributed by atoms with van der Waals surface area (Å²) in [7, 11) is 0. The van der Waals surface area contributed by atoms with Crippen LogP contribution in [0.3, 0.4) is 0 Å². The van der Waals surface area contributed by atoms with Crippen LogP contribution in [0.5, 0.6) is 0 Å². The van der Waals surface area contributed by atoms with Gasteiger partial charge in [0.15, 0.2) is 0 Å². The quantitative estimate of drug-likeness (QED) is 0.147. The third-order valence-corrected chi connectivity index (χ3v) is 15.4. The third-order valence-electron chi connectivity index (χ3n) is 15.4. The van der Waals surface area contributed by atoms with Crippen molar-refractivity contribution in [1.29, 1.82) is 0 Å². The molecule has 0 atom stereocenters. The van der Waals surface area contributed by atoms with Crippen LogP contribution in [0.25, 0.3) is 99.5 Å². The molecular formula is C66H42B2N2. The van der Waals surface area contributed by atoms with Crippen LogP contribution in [0.4, 0.5) is 0 Å². The van der Waals surface area contributed by atoms with Crippen LogP contribution in [-0.4, -0.2) is 22.6 Å². The van der Waals surface area contributed by atoms with Gasteiger partial charge in [-0.05, 0) is 109 Å². The Hall–Kier alpha value is -8.85. The first kappa shape index (κ1) is 39.2.